The third kappa shape index (κ3) is 1.62. The molecule has 1 aliphatic heterocycles. The number of aliphatic carboxylic acids is 1. The van der Waals surface area contributed by atoms with Gasteiger partial charge in [0.1, 0.15) is 0 Å². The van der Waals surface area contributed by atoms with Gasteiger partial charge in [-0.1, -0.05) is 24.6 Å². The molecule has 3 aliphatic rings. The first-order valence-electron chi connectivity index (χ1n) is 6.09. The molecule has 88 valence electrons. The minimum Gasteiger partial charge on any atom is -0.478 e. The lowest BCUT2D eigenvalue weighted by atomic mass is 9.89. The van der Waals surface area contributed by atoms with E-state index in [0.29, 0.717) is 11.6 Å². The molecule has 0 saturated heterocycles. The fourth-order valence-electron chi connectivity index (χ4n) is 2.88. The summed E-state index contributed by atoms with van der Waals surface area (Å²) in [4.78, 5) is 11.3. The van der Waals surface area contributed by atoms with E-state index in [0.717, 1.165) is 24.1 Å². The molecule has 0 aromatic rings. The fourth-order valence-corrected chi connectivity index (χ4v) is 2.88. The van der Waals surface area contributed by atoms with Gasteiger partial charge in [0.2, 0.25) is 0 Å². The van der Waals surface area contributed by atoms with E-state index in [4.69, 9.17) is 0 Å². The number of fused-ring (bicyclic) bond motifs is 2. The van der Waals surface area contributed by atoms with Gasteiger partial charge in [-0.05, 0) is 36.5 Å². The van der Waals surface area contributed by atoms with Crippen molar-refractivity contribution < 1.29 is 9.90 Å². The van der Waals surface area contributed by atoms with Crippen molar-refractivity contribution in [1.29, 1.82) is 0 Å². The molecule has 2 N–H and O–H groups in total. The van der Waals surface area contributed by atoms with E-state index in [-0.39, 0.29) is 0 Å². The molecule has 0 aromatic heterocycles. The first-order chi connectivity index (χ1) is 8.27. The molecule has 3 heteroatoms. The van der Waals surface area contributed by atoms with Crippen LogP contribution < -0.4 is 5.32 Å². The highest BCUT2D eigenvalue weighted by molar-refractivity contribution is 5.92. The summed E-state index contributed by atoms with van der Waals surface area (Å²) in [6.07, 6.45) is 12.1. The van der Waals surface area contributed by atoms with Crippen LogP contribution in [0.4, 0.5) is 0 Å². The van der Waals surface area contributed by atoms with Crippen LogP contribution in [0.25, 0.3) is 0 Å². The Hall–Kier alpha value is -1.77. The molecule has 0 amide bonds. The molecule has 1 heterocycles. The molecule has 3 nitrogen and oxygen atoms in total. The van der Waals surface area contributed by atoms with E-state index in [1.165, 1.54) is 18.4 Å². The fraction of sp³-hybridized carbons (Fsp3) is 0.357. The van der Waals surface area contributed by atoms with Gasteiger partial charge in [0.25, 0.3) is 0 Å². The number of hydrogen-bond acceptors (Lipinski definition) is 2. The zero-order valence-corrected chi connectivity index (χ0v) is 9.57. The van der Waals surface area contributed by atoms with Crippen molar-refractivity contribution in [3.8, 4) is 0 Å². The van der Waals surface area contributed by atoms with Crippen molar-refractivity contribution in [2.24, 2.45) is 0 Å². The predicted octanol–water partition coefficient (Wildman–Crippen LogP) is 2.29. The van der Waals surface area contributed by atoms with Crippen molar-refractivity contribution in [2.45, 2.75) is 31.7 Å². The number of carboxylic acids is 1. The van der Waals surface area contributed by atoms with Gasteiger partial charge in [0.15, 0.2) is 0 Å². The Bertz CT molecular complexity index is 494. The molecule has 1 saturated carbocycles. The summed E-state index contributed by atoms with van der Waals surface area (Å²) in [6.45, 7) is 0. The van der Waals surface area contributed by atoms with Crippen molar-refractivity contribution in [2.75, 3.05) is 0 Å². The standard InChI is InChI=1S/C14H15NO2/c16-14(17)11-7-2-1-6-10-9-5-3-4-8-12(9)15-13(10)11/h1-2,6-7,12,15H,3-5,8H2,(H,16,17). The van der Waals surface area contributed by atoms with E-state index in [2.05, 4.69) is 5.32 Å². The van der Waals surface area contributed by atoms with Crippen LogP contribution in [0.3, 0.4) is 0 Å². The maximum Gasteiger partial charge on any atom is 0.337 e. The molecule has 1 atom stereocenters. The SMILES string of the molecule is O=C(O)C1=C2NC3CCCCC3=C2C=CC=C1. The lowest BCUT2D eigenvalue weighted by Gasteiger charge is -2.21. The van der Waals surface area contributed by atoms with Gasteiger partial charge < -0.3 is 10.4 Å². The lowest BCUT2D eigenvalue weighted by molar-refractivity contribution is -0.132. The van der Waals surface area contributed by atoms with Crippen molar-refractivity contribution in [3.05, 3.63) is 46.7 Å². The van der Waals surface area contributed by atoms with Crippen LogP contribution in [0.5, 0.6) is 0 Å². The third-order valence-electron chi connectivity index (χ3n) is 3.68. The van der Waals surface area contributed by atoms with E-state index in [1.807, 2.05) is 12.2 Å². The first kappa shape index (κ1) is 10.4. The number of nitrogens with one attached hydrogen (secondary N) is 1. The van der Waals surface area contributed by atoms with Gasteiger partial charge in [0.05, 0.1) is 11.3 Å². The van der Waals surface area contributed by atoms with Gasteiger partial charge in [-0.25, -0.2) is 4.79 Å². The van der Waals surface area contributed by atoms with Crippen LogP contribution in [-0.4, -0.2) is 17.1 Å². The van der Waals surface area contributed by atoms with Gasteiger partial charge in [-0.3, -0.25) is 0 Å². The maximum absolute atomic E-state index is 11.3. The second-order valence-electron chi connectivity index (χ2n) is 4.69. The van der Waals surface area contributed by atoms with Gasteiger partial charge in [-0.15, -0.1) is 0 Å². The highest BCUT2D eigenvalue weighted by Crippen LogP contribution is 2.37. The monoisotopic (exact) mass is 229 g/mol. The minimum atomic E-state index is -0.857. The topological polar surface area (TPSA) is 49.3 Å². The van der Waals surface area contributed by atoms with Gasteiger partial charge in [-0.2, -0.15) is 0 Å². The van der Waals surface area contributed by atoms with Crippen LogP contribution in [0.1, 0.15) is 25.7 Å². The quantitative estimate of drug-likeness (QED) is 0.725. The second-order valence-corrected chi connectivity index (χ2v) is 4.69. The Balaban J connectivity index is 2.13. The van der Waals surface area contributed by atoms with Crippen LogP contribution in [0, 0.1) is 0 Å². The summed E-state index contributed by atoms with van der Waals surface area (Å²) < 4.78 is 0. The summed E-state index contributed by atoms with van der Waals surface area (Å²) in [7, 11) is 0. The van der Waals surface area contributed by atoms with Crippen molar-refractivity contribution in [3.63, 3.8) is 0 Å². The van der Waals surface area contributed by atoms with Gasteiger partial charge >= 0.3 is 5.97 Å². The summed E-state index contributed by atoms with van der Waals surface area (Å²) in [5.74, 6) is -0.857. The summed E-state index contributed by atoms with van der Waals surface area (Å²) in [6, 6.07) is 0.360. The zero-order valence-electron chi connectivity index (χ0n) is 9.57. The molecule has 0 bridgehead atoms. The molecule has 0 aromatic carbocycles. The number of allylic oxidation sites excluding steroid dienone is 3. The largest absolute Gasteiger partial charge is 0.478 e. The highest BCUT2D eigenvalue weighted by Gasteiger charge is 2.32. The smallest absolute Gasteiger partial charge is 0.337 e. The third-order valence-corrected chi connectivity index (χ3v) is 3.68. The molecular weight excluding hydrogens is 214 g/mol. The second kappa shape index (κ2) is 3.91. The van der Waals surface area contributed by atoms with Gasteiger partial charge in [0, 0.05) is 6.04 Å². The minimum absolute atomic E-state index is 0.360. The van der Waals surface area contributed by atoms with Crippen LogP contribution >= 0.6 is 0 Å². The summed E-state index contributed by atoms with van der Waals surface area (Å²) in [5.41, 5.74) is 3.69. The van der Waals surface area contributed by atoms with Crippen LogP contribution in [0.2, 0.25) is 0 Å². The van der Waals surface area contributed by atoms with E-state index < -0.39 is 5.97 Å². The van der Waals surface area contributed by atoms with Crippen molar-refractivity contribution in [1.82, 2.24) is 5.32 Å². The molecule has 0 radical (unpaired) electrons. The van der Waals surface area contributed by atoms with E-state index in [1.54, 1.807) is 12.2 Å². The van der Waals surface area contributed by atoms with E-state index >= 15 is 0 Å². The molecular formula is C14H15NO2. The van der Waals surface area contributed by atoms with Crippen molar-refractivity contribution >= 4 is 5.97 Å². The Morgan fingerprint density at radius 3 is 2.94 bits per heavy atom. The number of rotatable bonds is 1. The average molecular weight is 229 g/mol. The molecule has 1 fully saturated rings. The zero-order chi connectivity index (χ0) is 11.8. The molecule has 2 aliphatic carbocycles. The molecule has 1 unspecified atom stereocenters. The maximum atomic E-state index is 11.3. The average Bonchev–Trinajstić information content (AvgIpc) is 2.54. The van der Waals surface area contributed by atoms with E-state index in [9.17, 15) is 9.90 Å². The Morgan fingerprint density at radius 2 is 2.12 bits per heavy atom. The Labute approximate surface area is 100 Å². The number of hydrogen-bond donors (Lipinski definition) is 2. The number of carbonyl (C=O) groups is 1. The first-order valence-corrected chi connectivity index (χ1v) is 6.09. The summed E-state index contributed by atoms with van der Waals surface area (Å²) >= 11 is 0. The van der Waals surface area contributed by atoms with Crippen LogP contribution in [-0.2, 0) is 4.79 Å². The lowest BCUT2D eigenvalue weighted by Crippen LogP contribution is -2.27. The normalized spacial score (nSPS) is 26.5. The molecule has 17 heavy (non-hydrogen) atoms. The summed E-state index contributed by atoms with van der Waals surface area (Å²) in [5, 5.41) is 12.6. The molecule has 3 rings (SSSR count). The Morgan fingerprint density at radius 1 is 1.29 bits per heavy atom. The predicted molar refractivity (Wildman–Crippen MR) is 65.4 cm³/mol. The number of carboxylic acid groups (broad SMARTS) is 1. The van der Waals surface area contributed by atoms with Crippen LogP contribution in [0.15, 0.2) is 46.7 Å². The Kier molecular flexibility index (Phi) is 2.39. The molecule has 0 spiro atoms. The highest BCUT2D eigenvalue weighted by atomic mass is 16.4.